The lowest BCUT2D eigenvalue weighted by atomic mass is 9.84. The summed E-state index contributed by atoms with van der Waals surface area (Å²) in [5, 5.41) is 24.7. The second-order valence-electron chi connectivity index (χ2n) is 13.6. The molecule has 1 amide bonds. The van der Waals surface area contributed by atoms with E-state index in [2.05, 4.69) is 46.6 Å². The number of nitrogens with one attached hydrogen (secondary N) is 1. The van der Waals surface area contributed by atoms with Crippen LogP contribution in [0.25, 0.3) is 11.1 Å². The summed E-state index contributed by atoms with van der Waals surface area (Å²) in [5.74, 6) is -0.0986. The van der Waals surface area contributed by atoms with E-state index in [0.29, 0.717) is 36.4 Å². The predicted octanol–water partition coefficient (Wildman–Crippen LogP) is 7.96. The second-order valence-corrected chi connectivity index (χ2v) is 14.0. The quantitative estimate of drug-likeness (QED) is 0.137. The number of hydrogen-bond donors (Lipinski definition) is 3. The van der Waals surface area contributed by atoms with Gasteiger partial charge in [-0.1, -0.05) is 109 Å². The van der Waals surface area contributed by atoms with E-state index in [1.807, 2.05) is 91.0 Å². The van der Waals surface area contributed by atoms with Gasteiger partial charge in [-0.15, -0.1) is 0 Å². The number of hydrogen-bond acceptors (Lipinski definition) is 6. The minimum atomic E-state index is -0.867. The molecule has 2 saturated heterocycles. The molecule has 0 unspecified atom stereocenters. The zero-order valence-corrected chi connectivity index (χ0v) is 29.2. The molecule has 3 atom stereocenters. The molecule has 0 saturated carbocycles. The molecule has 0 aliphatic carbocycles. The lowest BCUT2D eigenvalue weighted by molar-refractivity contribution is -0.253. The molecule has 2 fully saturated rings. The van der Waals surface area contributed by atoms with Gasteiger partial charge in [0.05, 0.1) is 24.4 Å². The first-order valence-corrected chi connectivity index (χ1v) is 18.0. The smallest absolute Gasteiger partial charge is 0.251 e. The van der Waals surface area contributed by atoms with Gasteiger partial charge >= 0.3 is 0 Å². The van der Waals surface area contributed by atoms with Gasteiger partial charge in [0.2, 0.25) is 0 Å². The lowest BCUT2D eigenvalue weighted by Crippen LogP contribution is -2.46. The molecule has 2 aliphatic heterocycles. The van der Waals surface area contributed by atoms with Crippen LogP contribution in [-0.2, 0) is 28.2 Å². The summed E-state index contributed by atoms with van der Waals surface area (Å²) in [5.41, 5.74) is 6.65. The molecule has 51 heavy (non-hydrogen) atoms. The summed E-state index contributed by atoms with van der Waals surface area (Å²) in [6.07, 6.45) is 1.13. The van der Waals surface area contributed by atoms with Gasteiger partial charge in [0.15, 0.2) is 6.29 Å². The molecule has 5 aromatic carbocycles. The van der Waals surface area contributed by atoms with Gasteiger partial charge in [0, 0.05) is 48.7 Å². The zero-order valence-electron chi connectivity index (χ0n) is 28.5. The van der Waals surface area contributed by atoms with Crippen molar-refractivity contribution in [2.24, 2.45) is 0 Å². The predicted molar refractivity (Wildman–Crippen MR) is 199 cm³/mol. The van der Waals surface area contributed by atoms with Gasteiger partial charge in [0.25, 0.3) is 5.91 Å². The number of halogens is 1. The monoisotopic (exact) mass is 702 g/mol. The van der Waals surface area contributed by atoms with Crippen LogP contribution in [0.1, 0.15) is 69.8 Å². The van der Waals surface area contributed by atoms with Gasteiger partial charge in [-0.05, 0) is 76.6 Å². The van der Waals surface area contributed by atoms with Crippen molar-refractivity contribution in [2.45, 2.75) is 56.5 Å². The molecule has 3 N–H and O–H groups in total. The molecule has 7 nitrogen and oxygen atoms in total. The van der Waals surface area contributed by atoms with E-state index in [1.165, 1.54) is 0 Å². The van der Waals surface area contributed by atoms with Crippen molar-refractivity contribution in [2.75, 3.05) is 19.6 Å². The summed E-state index contributed by atoms with van der Waals surface area (Å²) < 4.78 is 13.3. The largest absolute Gasteiger partial charge is 0.392 e. The van der Waals surface area contributed by atoms with Gasteiger partial charge in [-0.25, -0.2) is 0 Å². The van der Waals surface area contributed by atoms with E-state index in [1.54, 1.807) is 0 Å². The minimum absolute atomic E-state index is 0.00489. The first-order chi connectivity index (χ1) is 24.8. The van der Waals surface area contributed by atoms with E-state index in [9.17, 15) is 15.0 Å². The number of rotatable bonds is 10. The maximum Gasteiger partial charge on any atom is 0.251 e. The molecular formula is C43H43ClN2O5. The Labute approximate surface area is 304 Å². The highest BCUT2D eigenvalue weighted by molar-refractivity contribution is 6.30. The number of carbonyl (C=O) groups excluding carboxylic acids is 1. The highest BCUT2D eigenvalue weighted by Gasteiger charge is 2.37. The van der Waals surface area contributed by atoms with Crippen LogP contribution < -0.4 is 5.32 Å². The lowest BCUT2D eigenvalue weighted by Gasteiger charge is -2.42. The number of ether oxygens (including phenoxy) is 2. The number of aliphatic hydroxyl groups is 2. The average Bonchev–Trinajstić information content (AvgIpc) is 3.18. The summed E-state index contributed by atoms with van der Waals surface area (Å²) in [6.45, 7) is 2.67. The number of carbonyl (C=O) groups is 1. The van der Waals surface area contributed by atoms with Crippen LogP contribution in [0.3, 0.4) is 0 Å². The van der Waals surface area contributed by atoms with Crippen molar-refractivity contribution in [3.8, 4) is 11.1 Å². The van der Waals surface area contributed by atoms with E-state index in [4.69, 9.17) is 21.1 Å². The molecule has 5 aromatic rings. The molecule has 8 heteroatoms. The fraction of sp³-hybridized carbons (Fsp3) is 0.279. The molecule has 7 rings (SSSR count). The normalized spacial score (nSPS) is 20.5. The Balaban J connectivity index is 1.03. The first-order valence-electron chi connectivity index (χ1n) is 17.6. The maximum atomic E-state index is 12.6. The topological polar surface area (TPSA) is 91.3 Å². The fourth-order valence-electron chi connectivity index (χ4n) is 7.04. The Hall–Kier alpha value is -4.34. The molecule has 2 aliphatic rings. The van der Waals surface area contributed by atoms with Gasteiger partial charge in [-0.2, -0.15) is 0 Å². The third-order valence-corrected chi connectivity index (χ3v) is 10.3. The van der Waals surface area contributed by atoms with Crippen molar-refractivity contribution >= 4 is 17.5 Å². The van der Waals surface area contributed by atoms with Crippen molar-refractivity contribution < 1.29 is 24.5 Å². The summed E-state index contributed by atoms with van der Waals surface area (Å²) >= 11 is 6.10. The minimum Gasteiger partial charge on any atom is -0.392 e. The Morgan fingerprint density at radius 2 is 1.49 bits per heavy atom. The van der Waals surface area contributed by atoms with Crippen LogP contribution >= 0.6 is 11.6 Å². The molecular weight excluding hydrogens is 660 g/mol. The average molecular weight is 703 g/mol. The van der Waals surface area contributed by atoms with Crippen molar-refractivity contribution in [1.82, 2.24) is 10.2 Å². The van der Waals surface area contributed by atoms with E-state index < -0.39 is 11.9 Å². The number of likely N-dealkylation sites (tertiary alicyclic amines) is 1. The number of amides is 1. The van der Waals surface area contributed by atoms with Crippen LogP contribution in [0.5, 0.6) is 0 Å². The van der Waals surface area contributed by atoms with Crippen LogP contribution in [0.2, 0.25) is 5.02 Å². The van der Waals surface area contributed by atoms with E-state index >= 15 is 0 Å². The molecule has 262 valence electrons. The molecule has 0 bridgehead atoms. The number of benzene rings is 5. The number of nitrogens with zero attached hydrogens (tertiary/aromatic N) is 1. The van der Waals surface area contributed by atoms with Crippen LogP contribution in [0, 0.1) is 0 Å². The van der Waals surface area contributed by atoms with Crippen molar-refractivity contribution in [1.29, 1.82) is 0 Å². The van der Waals surface area contributed by atoms with Gasteiger partial charge < -0.3 is 29.9 Å². The molecule has 0 aromatic heterocycles. The fourth-order valence-corrected chi connectivity index (χ4v) is 7.17. The number of piperidine rings is 1. The van der Waals surface area contributed by atoms with Gasteiger partial charge in [-0.3, -0.25) is 4.79 Å². The van der Waals surface area contributed by atoms with Crippen molar-refractivity contribution in [3.63, 3.8) is 0 Å². The third kappa shape index (κ3) is 8.59. The maximum absolute atomic E-state index is 12.6. The van der Waals surface area contributed by atoms with Crippen molar-refractivity contribution in [3.05, 3.63) is 166 Å². The Morgan fingerprint density at radius 1 is 0.784 bits per heavy atom. The summed E-state index contributed by atoms with van der Waals surface area (Å²) in [7, 11) is 0. The molecule has 2 heterocycles. The SMILES string of the molecule is O=C(NCc1cccc(-c2ccc([C@@H]3O[C@H](CN4CCC(O)(c5ccc(Cl)cc5)CC4)C[C@H](c4ccc(CO)cc4)O3)cc2)c1)c1ccccc1. The van der Waals surface area contributed by atoms with Crippen LogP contribution in [-0.4, -0.2) is 46.8 Å². The Morgan fingerprint density at radius 3 is 2.20 bits per heavy atom. The van der Waals surface area contributed by atoms with Crippen LogP contribution in [0.15, 0.2) is 127 Å². The molecule has 0 radical (unpaired) electrons. The van der Waals surface area contributed by atoms with Crippen LogP contribution in [0.4, 0.5) is 0 Å². The van der Waals surface area contributed by atoms with Gasteiger partial charge in [0.1, 0.15) is 0 Å². The standard InChI is InChI=1S/C43H43ClN2O5/c44-38-19-17-37(18-20-38)43(49)21-23-46(24-22-43)28-39-26-40(33-11-9-30(29-47)10-12-33)51-42(50-39)35-15-13-32(14-16-35)36-8-4-5-31(25-36)27-45-41(48)34-6-2-1-3-7-34/h1-20,25,39-40,42,47,49H,21-24,26-29H2,(H,45,48)/t39-,40+,42+/m0/s1. The highest BCUT2D eigenvalue weighted by atomic mass is 35.5. The molecule has 0 spiro atoms. The second kappa shape index (κ2) is 15.9. The third-order valence-electron chi connectivity index (χ3n) is 10.1. The summed E-state index contributed by atoms with van der Waals surface area (Å²) in [4.78, 5) is 14.9. The highest BCUT2D eigenvalue weighted by Crippen LogP contribution is 2.40. The van der Waals surface area contributed by atoms with E-state index in [-0.39, 0.29) is 24.7 Å². The Kier molecular flexibility index (Phi) is 10.9. The van der Waals surface area contributed by atoms with E-state index in [0.717, 1.165) is 58.6 Å². The first kappa shape index (κ1) is 35.1. The Bertz CT molecular complexity index is 1890. The number of aliphatic hydroxyl groups excluding tert-OH is 1. The zero-order chi connectivity index (χ0) is 35.2. The summed E-state index contributed by atoms with van der Waals surface area (Å²) in [6, 6.07) is 41.2.